The molecule has 0 saturated carbocycles. The fourth-order valence-corrected chi connectivity index (χ4v) is 4.04. The van der Waals surface area contributed by atoms with Gasteiger partial charge in [0.05, 0.1) is 4.90 Å². The van der Waals surface area contributed by atoms with Gasteiger partial charge in [0.25, 0.3) is 10.0 Å². The van der Waals surface area contributed by atoms with Gasteiger partial charge in [-0.2, -0.15) is 11.8 Å². The van der Waals surface area contributed by atoms with Crippen molar-refractivity contribution in [2.75, 3.05) is 12.3 Å². The molecular weight excluding hydrogens is 380 g/mol. The Morgan fingerprint density at radius 3 is 2.48 bits per heavy atom. The minimum absolute atomic E-state index is 0.0568. The Kier molecular flexibility index (Phi) is 7.16. The van der Waals surface area contributed by atoms with Crippen LogP contribution in [0.1, 0.15) is 11.1 Å². The van der Waals surface area contributed by atoms with Crippen molar-refractivity contribution in [2.24, 2.45) is 0 Å². The maximum Gasteiger partial charge on any atom is 0.328 e. The first-order valence-corrected chi connectivity index (χ1v) is 10.6. The van der Waals surface area contributed by atoms with Gasteiger partial charge < -0.3 is 5.32 Å². The Morgan fingerprint density at radius 2 is 1.80 bits per heavy atom. The lowest BCUT2D eigenvalue weighted by atomic mass is 10.2. The van der Waals surface area contributed by atoms with Gasteiger partial charge in [-0.1, -0.05) is 47.5 Å². The smallest absolute Gasteiger partial charge is 0.328 e. The molecule has 0 unspecified atom stereocenters. The fourth-order valence-electron chi connectivity index (χ4n) is 1.97. The first kappa shape index (κ1) is 19.6. The molecule has 2 aromatic rings. The summed E-state index contributed by atoms with van der Waals surface area (Å²) in [4.78, 5) is 11.8. The molecule has 2 aromatic carbocycles. The summed E-state index contributed by atoms with van der Waals surface area (Å²) in [5.41, 5.74) is 1.97. The van der Waals surface area contributed by atoms with Crippen LogP contribution in [0, 0.1) is 6.92 Å². The molecule has 0 aromatic heterocycles. The Hall–Kier alpha value is -1.70. The van der Waals surface area contributed by atoms with E-state index in [4.69, 9.17) is 11.6 Å². The van der Waals surface area contributed by atoms with Crippen molar-refractivity contribution in [1.82, 2.24) is 10.0 Å². The van der Waals surface area contributed by atoms with E-state index in [1.54, 1.807) is 23.9 Å². The van der Waals surface area contributed by atoms with Crippen molar-refractivity contribution in [3.63, 3.8) is 0 Å². The topological polar surface area (TPSA) is 75.3 Å². The maximum absolute atomic E-state index is 12.1. The molecule has 2 N–H and O–H groups in total. The lowest BCUT2D eigenvalue weighted by molar-refractivity contribution is 0.246. The van der Waals surface area contributed by atoms with Crippen LogP contribution >= 0.6 is 23.4 Å². The van der Waals surface area contributed by atoms with Crippen LogP contribution in [-0.2, 0) is 15.8 Å². The Bertz CT molecular complexity index is 824. The molecule has 134 valence electrons. The monoisotopic (exact) mass is 398 g/mol. The van der Waals surface area contributed by atoms with Crippen molar-refractivity contribution in [3.05, 3.63) is 64.7 Å². The molecule has 2 amide bonds. The zero-order valence-corrected chi connectivity index (χ0v) is 16.0. The third kappa shape index (κ3) is 6.26. The fraction of sp³-hybridized carbons (Fsp3) is 0.235. The van der Waals surface area contributed by atoms with E-state index in [9.17, 15) is 13.2 Å². The average molecular weight is 399 g/mol. The van der Waals surface area contributed by atoms with Crippen LogP contribution in [0.4, 0.5) is 4.79 Å². The van der Waals surface area contributed by atoms with Crippen LogP contribution in [0.3, 0.4) is 0 Å². The molecule has 0 bridgehead atoms. The van der Waals surface area contributed by atoms with Crippen LogP contribution in [0.25, 0.3) is 0 Å². The van der Waals surface area contributed by atoms with Crippen LogP contribution in [-0.4, -0.2) is 26.7 Å². The summed E-state index contributed by atoms with van der Waals surface area (Å²) in [5, 5.41) is 3.25. The summed E-state index contributed by atoms with van der Waals surface area (Å²) in [5.74, 6) is 1.37. The molecule has 0 aliphatic rings. The SMILES string of the molecule is Cc1ccc(S(=O)(=O)NC(=O)NCCSCc2ccccc2Cl)cc1. The van der Waals surface area contributed by atoms with Gasteiger partial charge in [-0.25, -0.2) is 17.9 Å². The number of carbonyl (C=O) groups excluding carboxylic acids is 1. The van der Waals surface area contributed by atoms with Gasteiger partial charge in [-0.05, 0) is 30.7 Å². The minimum Gasteiger partial charge on any atom is -0.336 e. The highest BCUT2D eigenvalue weighted by Gasteiger charge is 2.16. The van der Waals surface area contributed by atoms with E-state index >= 15 is 0 Å². The molecule has 0 radical (unpaired) electrons. The summed E-state index contributed by atoms with van der Waals surface area (Å²) >= 11 is 7.67. The van der Waals surface area contributed by atoms with Crippen molar-refractivity contribution >= 4 is 39.4 Å². The van der Waals surface area contributed by atoms with Crippen molar-refractivity contribution in [3.8, 4) is 0 Å². The normalized spacial score (nSPS) is 11.1. The van der Waals surface area contributed by atoms with Gasteiger partial charge in [0.2, 0.25) is 0 Å². The molecule has 0 aliphatic carbocycles. The van der Waals surface area contributed by atoms with E-state index in [2.05, 4.69) is 5.32 Å². The number of hydrogen-bond donors (Lipinski definition) is 2. The lowest BCUT2D eigenvalue weighted by Crippen LogP contribution is -2.40. The molecule has 0 aliphatic heterocycles. The molecular formula is C17H19ClN2O3S2. The van der Waals surface area contributed by atoms with E-state index in [-0.39, 0.29) is 4.90 Å². The Balaban J connectivity index is 1.73. The number of aryl methyl sites for hydroxylation is 1. The van der Waals surface area contributed by atoms with E-state index in [0.29, 0.717) is 17.3 Å². The number of benzene rings is 2. The van der Waals surface area contributed by atoms with E-state index in [1.165, 1.54) is 12.1 Å². The minimum atomic E-state index is -3.85. The third-order valence-corrected chi connectivity index (χ3v) is 6.03. The molecule has 8 heteroatoms. The predicted molar refractivity (Wildman–Crippen MR) is 103 cm³/mol. The summed E-state index contributed by atoms with van der Waals surface area (Å²) < 4.78 is 26.1. The van der Waals surface area contributed by atoms with Gasteiger partial charge in [-0.3, -0.25) is 0 Å². The van der Waals surface area contributed by atoms with Crippen LogP contribution in [0.2, 0.25) is 5.02 Å². The Labute approximate surface area is 157 Å². The van der Waals surface area contributed by atoms with E-state index in [1.807, 2.05) is 35.9 Å². The van der Waals surface area contributed by atoms with E-state index in [0.717, 1.165) is 16.9 Å². The first-order chi connectivity index (χ1) is 11.9. The second-order valence-corrected chi connectivity index (χ2v) is 8.51. The summed E-state index contributed by atoms with van der Waals surface area (Å²) in [6.45, 7) is 2.21. The Morgan fingerprint density at radius 1 is 1.12 bits per heavy atom. The van der Waals surface area contributed by atoms with Crippen LogP contribution in [0.15, 0.2) is 53.4 Å². The molecule has 25 heavy (non-hydrogen) atoms. The third-order valence-electron chi connectivity index (χ3n) is 3.31. The maximum atomic E-state index is 12.1. The molecule has 0 atom stereocenters. The van der Waals surface area contributed by atoms with E-state index < -0.39 is 16.1 Å². The number of halogens is 1. The second-order valence-electron chi connectivity index (χ2n) is 5.32. The predicted octanol–water partition coefficient (Wildman–Crippen LogP) is 3.57. The number of carbonyl (C=O) groups is 1. The zero-order chi connectivity index (χ0) is 18.3. The second kappa shape index (κ2) is 9.12. The van der Waals surface area contributed by atoms with Crippen LogP contribution in [0.5, 0.6) is 0 Å². The van der Waals surface area contributed by atoms with Crippen molar-refractivity contribution in [2.45, 2.75) is 17.6 Å². The van der Waals surface area contributed by atoms with Gasteiger partial charge in [0, 0.05) is 23.1 Å². The molecule has 5 nitrogen and oxygen atoms in total. The first-order valence-electron chi connectivity index (χ1n) is 7.57. The number of hydrogen-bond acceptors (Lipinski definition) is 4. The van der Waals surface area contributed by atoms with Gasteiger partial charge >= 0.3 is 6.03 Å². The van der Waals surface area contributed by atoms with Gasteiger partial charge in [-0.15, -0.1) is 0 Å². The molecule has 0 fully saturated rings. The zero-order valence-electron chi connectivity index (χ0n) is 13.7. The molecule has 0 spiro atoms. The molecule has 0 saturated heterocycles. The quantitative estimate of drug-likeness (QED) is 0.699. The number of nitrogens with one attached hydrogen (secondary N) is 2. The van der Waals surface area contributed by atoms with Gasteiger partial charge in [0.15, 0.2) is 0 Å². The van der Waals surface area contributed by atoms with Crippen molar-refractivity contribution in [1.29, 1.82) is 0 Å². The van der Waals surface area contributed by atoms with Gasteiger partial charge in [0.1, 0.15) is 0 Å². The highest BCUT2D eigenvalue weighted by molar-refractivity contribution is 7.98. The number of sulfonamides is 1. The number of urea groups is 1. The molecule has 2 rings (SSSR count). The van der Waals surface area contributed by atoms with Crippen molar-refractivity contribution < 1.29 is 13.2 Å². The summed E-state index contributed by atoms with van der Waals surface area (Å²) in [7, 11) is -3.85. The number of rotatable bonds is 7. The number of thioether (sulfide) groups is 1. The highest BCUT2D eigenvalue weighted by atomic mass is 35.5. The number of amides is 2. The largest absolute Gasteiger partial charge is 0.336 e. The standard InChI is InChI=1S/C17H19ClN2O3S2/c1-13-6-8-15(9-7-13)25(22,23)20-17(21)19-10-11-24-12-14-4-2-3-5-16(14)18/h2-9H,10-12H2,1H3,(H2,19,20,21). The van der Waals surface area contributed by atoms with Crippen LogP contribution < -0.4 is 10.0 Å². The summed E-state index contributed by atoms with van der Waals surface area (Å²) in [6, 6.07) is 13.1. The average Bonchev–Trinajstić information content (AvgIpc) is 2.56. The summed E-state index contributed by atoms with van der Waals surface area (Å²) in [6.07, 6.45) is 0. The highest BCUT2D eigenvalue weighted by Crippen LogP contribution is 2.20. The molecule has 0 heterocycles. The lowest BCUT2D eigenvalue weighted by Gasteiger charge is -2.09.